The van der Waals surface area contributed by atoms with Crippen molar-refractivity contribution in [2.45, 2.75) is 32.4 Å². The van der Waals surface area contributed by atoms with E-state index in [9.17, 15) is 9.59 Å². The average Bonchev–Trinajstić information content (AvgIpc) is 2.94. The van der Waals surface area contributed by atoms with Gasteiger partial charge in [-0.15, -0.1) is 0 Å². The van der Waals surface area contributed by atoms with Gasteiger partial charge in [-0.05, 0) is 42.7 Å². The van der Waals surface area contributed by atoms with Gasteiger partial charge in [-0.2, -0.15) is 0 Å². The van der Waals surface area contributed by atoms with Gasteiger partial charge in [-0.1, -0.05) is 66.7 Å². The van der Waals surface area contributed by atoms with Crippen LogP contribution >= 0.6 is 0 Å². The Morgan fingerprint density at radius 2 is 1.52 bits per heavy atom. The van der Waals surface area contributed by atoms with E-state index in [-0.39, 0.29) is 11.8 Å². The van der Waals surface area contributed by atoms with Crippen molar-refractivity contribution in [1.82, 2.24) is 5.32 Å². The molecule has 0 aromatic heterocycles. The first kappa shape index (κ1) is 18.9. The van der Waals surface area contributed by atoms with E-state index in [1.807, 2.05) is 86.6 Å². The van der Waals surface area contributed by atoms with Crippen LogP contribution in [0.25, 0.3) is 0 Å². The number of carbonyl (C=O) groups is 2. The molecule has 29 heavy (non-hydrogen) atoms. The first-order valence-electron chi connectivity index (χ1n) is 9.79. The molecule has 1 N–H and O–H groups in total. The molecule has 0 aliphatic carbocycles. The van der Waals surface area contributed by atoms with E-state index in [0.717, 1.165) is 22.4 Å². The van der Waals surface area contributed by atoms with E-state index in [2.05, 4.69) is 5.32 Å². The van der Waals surface area contributed by atoms with Crippen molar-refractivity contribution < 1.29 is 9.59 Å². The number of amides is 2. The highest BCUT2D eigenvalue weighted by molar-refractivity contribution is 6.08. The number of fused-ring (bicyclic) bond motifs is 1. The zero-order valence-corrected chi connectivity index (χ0v) is 16.7. The Labute approximate surface area is 171 Å². The summed E-state index contributed by atoms with van der Waals surface area (Å²) in [7, 11) is 0. The number of hydrogen-bond acceptors (Lipinski definition) is 2. The van der Waals surface area contributed by atoms with Crippen molar-refractivity contribution in [2.24, 2.45) is 0 Å². The molecule has 0 atom stereocenters. The molecule has 4 nitrogen and oxygen atoms in total. The minimum atomic E-state index is -0.608. The van der Waals surface area contributed by atoms with Gasteiger partial charge in [0.25, 0.3) is 5.91 Å². The largest absolute Gasteiger partial charge is 0.348 e. The minimum absolute atomic E-state index is 0.0539. The van der Waals surface area contributed by atoms with Crippen LogP contribution in [0.1, 0.15) is 40.9 Å². The van der Waals surface area contributed by atoms with Gasteiger partial charge >= 0.3 is 0 Å². The lowest BCUT2D eigenvalue weighted by Gasteiger charge is -2.20. The van der Waals surface area contributed by atoms with Gasteiger partial charge in [0.05, 0.1) is 12.0 Å². The molecule has 0 spiro atoms. The van der Waals surface area contributed by atoms with Crippen molar-refractivity contribution in [2.75, 3.05) is 4.90 Å². The Morgan fingerprint density at radius 3 is 2.17 bits per heavy atom. The Bertz CT molecular complexity index is 1040. The standard InChI is InChI=1S/C25H24N2O2/c1-25(2)21-14-13-20(23(28)26-16-18-9-5-3-6-10-18)15-22(21)27(24(25)29)17-19-11-7-4-8-12-19/h3-15H,16-17H2,1-2H3,(H,26,28). The first-order chi connectivity index (χ1) is 14.0. The lowest BCUT2D eigenvalue weighted by Crippen LogP contribution is -2.35. The predicted octanol–water partition coefficient (Wildman–Crippen LogP) is 4.44. The highest BCUT2D eigenvalue weighted by Gasteiger charge is 2.43. The lowest BCUT2D eigenvalue weighted by molar-refractivity contribution is -0.122. The molecule has 1 heterocycles. The first-order valence-corrected chi connectivity index (χ1v) is 9.79. The molecule has 2 amide bonds. The summed E-state index contributed by atoms with van der Waals surface area (Å²) in [4.78, 5) is 27.6. The molecule has 0 radical (unpaired) electrons. The Kier molecular flexibility index (Phi) is 4.93. The molecule has 4 heteroatoms. The summed E-state index contributed by atoms with van der Waals surface area (Å²) in [5.74, 6) is -0.0910. The van der Waals surface area contributed by atoms with E-state index in [1.165, 1.54) is 0 Å². The third kappa shape index (κ3) is 3.66. The van der Waals surface area contributed by atoms with Gasteiger partial charge in [-0.3, -0.25) is 9.59 Å². The normalized spacial score (nSPS) is 14.6. The van der Waals surface area contributed by atoms with Crippen LogP contribution in [0.5, 0.6) is 0 Å². The summed E-state index contributed by atoms with van der Waals surface area (Å²) in [6.07, 6.45) is 0. The van der Waals surface area contributed by atoms with Crippen LogP contribution in [0.3, 0.4) is 0 Å². The van der Waals surface area contributed by atoms with E-state index in [4.69, 9.17) is 0 Å². The molecule has 1 aliphatic rings. The Morgan fingerprint density at radius 1 is 0.897 bits per heavy atom. The number of benzene rings is 3. The highest BCUT2D eigenvalue weighted by atomic mass is 16.2. The minimum Gasteiger partial charge on any atom is -0.348 e. The fraction of sp³-hybridized carbons (Fsp3) is 0.200. The van der Waals surface area contributed by atoms with Gasteiger partial charge in [0.1, 0.15) is 0 Å². The van der Waals surface area contributed by atoms with E-state index < -0.39 is 5.41 Å². The second kappa shape index (κ2) is 7.55. The van der Waals surface area contributed by atoms with Gasteiger partial charge in [0.15, 0.2) is 0 Å². The summed E-state index contributed by atoms with van der Waals surface area (Å²) in [5.41, 5.74) is 3.83. The molecule has 0 saturated heterocycles. The maximum absolute atomic E-state index is 13.1. The van der Waals surface area contributed by atoms with Crippen molar-refractivity contribution >= 4 is 17.5 Å². The molecule has 0 saturated carbocycles. The van der Waals surface area contributed by atoms with E-state index in [1.54, 1.807) is 11.0 Å². The second-order valence-corrected chi connectivity index (χ2v) is 7.90. The van der Waals surface area contributed by atoms with E-state index in [0.29, 0.717) is 18.7 Å². The van der Waals surface area contributed by atoms with E-state index >= 15 is 0 Å². The van der Waals surface area contributed by atoms with Crippen molar-refractivity contribution in [3.8, 4) is 0 Å². The summed E-state index contributed by atoms with van der Waals surface area (Å²) >= 11 is 0. The van der Waals surface area contributed by atoms with Gasteiger partial charge in [0, 0.05) is 17.8 Å². The number of carbonyl (C=O) groups excluding carboxylic acids is 2. The second-order valence-electron chi connectivity index (χ2n) is 7.90. The van der Waals surface area contributed by atoms with Gasteiger partial charge < -0.3 is 10.2 Å². The molecule has 1 aliphatic heterocycles. The van der Waals surface area contributed by atoms with Crippen LogP contribution in [0, 0.1) is 0 Å². The number of hydrogen-bond donors (Lipinski definition) is 1. The Hall–Kier alpha value is -3.40. The summed E-state index contributed by atoms with van der Waals surface area (Å²) in [5, 5.41) is 2.96. The Balaban J connectivity index is 1.60. The topological polar surface area (TPSA) is 49.4 Å². The molecule has 3 aromatic rings. The van der Waals surface area contributed by atoms with Crippen molar-refractivity contribution in [3.05, 3.63) is 101 Å². The molecule has 0 bridgehead atoms. The van der Waals surface area contributed by atoms with Gasteiger partial charge in [-0.25, -0.2) is 0 Å². The summed E-state index contributed by atoms with van der Waals surface area (Å²) in [6.45, 7) is 4.84. The molecular weight excluding hydrogens is 360 g/mol. The van der Waals surface area contributed by atoms with Crippen LogP contribution in [-0.4, -0.2) is 11.8 Å². The van der Waals surface area contributed by atoms with Crippen LogP contribution in [-0.2, 0) is 23.3 Å². The summed E-state index contributed by atoms with van der Waals surface area (Å²) < 4.78 is 0. The number of rotatable bonds is 5. The van der Waals surface area contributed by atoms with Crippen LogP contribution < -0.4 is 10.2 Å². The quantitative estimate of drug-likeness (QED) is 0.707. The zero-order valence-electron chi connectivity index (χ0n) is 16.7. The third-order valence-electron chi connectivity index (χ3n) is 5.48. The number of nitrogens with one attached hydrogen (secondary N) is 1. The molecule has 4 rings (SSSR count). The smallest absolute Gasteiger partial charge is 0.251 e. The van der Waals surface area contributed by atoms with Crippen LogP contribution in [0.15, 0.2) is 78.9 Å². The maximum Gasteiger partial charge on any atom is 0.251 e. The molecule has 3 aromatic carbocycles. The van der Waals surface area contributed by atoms with Crippen LogP contribution in [0.4, 0.5) is 5.69 Å². The van der Waals surface area contributed by atoms with Crippen LogP contribution in [0.2, 0.25) is 0 Å². The highest BCUT2D eigenvalue weighted by Crippen LogP contribution is 2.42. The summed E-state index contributed by atoms with van der Waals surface area (Å²) in [6, 6.07) is 25.3. The van der Waals surface area contributed by atoms with Crippen molar-refractivity contribution in [1.29, 1.82) is 0 Å². The SMILES string of the molecule is CC1(C)C(=O)N(Cc2ccccc2)c2cc(C(=O)NCc3ccccc3)ccc21. The molecular formula is C25H24N2O2. The fourth-order valence-corrected chi connectivity index (χ4v) is 3.79. The monoisotopic (exact) mass is 384 g/mol. The third-order valence-corrected chi connectivity index (χ3v) is 5.48. The molecule has 0 fully saturated rings. The van der Waals surface area contributed by atoms with Gasteiger partial charge in [0.2, 0.25) is 5.91 Å². The zero-order chi connectivity index (χ0) is 20.4. The number of nitrogens with zero attached hydrogens (tertiary/aromatic N) is 1. The molecule has 0 unspecified atom stereocenters. The molecule has 146 valence electrons. The van der Waals surface area contributed by atoms with Crippen molar-refractivity contribution in [3.63, 3.8) is 0 Å². The lowest BCUT2D eigenvalue weighted by atomic mass is 9.86. The predicted molar refractivity (Wildman–Crippen MR) is 115 cm³/mol. The number of anilines is 1. The average molecular weight is 384 g/mol. The maximum atomic E-state index is 13.1. The fourth-order valence-electron chi connectivity index (χ4n) is 3.79.